The molecule has 3 amide bonds. The minimum absolute atomic E-state index is 0.0282. The van der Waals surface area contributed by atoms with E-state index in [9.17, 15) is 14.4 Å². The van der Waals surface area contributed by atoms with Crippen molar-refractivity contribution in [2.75, 3.05) is 32.8 Å². The molecule has 2 fully saturated rings. The zero-order valence-corrected chi connectivity index (χ0v) is 13.1. The summed E-state index contributed by atoms with van der Waals surface area (Å²) in [5.74, 6) is -0.238. The van der Waals surface area contributed by atoms with Gasteiger partial charge in [0, 0.05) is 25.2 Å². The molecular weight excluding hydrogens is 314 g/mol. The van der Waals surface area contributed by atoms with Crippen LogP contribution in [0.5, 0.6) is 0 Å². The first-order chi connectivity index (χ1) is 11.6. The summed E-state index contributed by atoms with van der Waals surface area (Å²) in [6.45, 7) is 2.81. The van der Waals surface area contributed by atoms with E-state index in [1.807, 2.05) is 0 Å². The smallest absolute Gasteiger partial charge is 0.408 e. The van der Waals surface area contributed by atoms with Crippen LogP contribution in [-0.2, 0) is 20.9 Å². The van der Waals surface area contributed by atoms with Gasteiger partial charge in [-0.3, -0.25) is 9.59 Å². The summed E-state index contributed by atoms with van der Waals surface area (Å²) >= 11 is 0. The minimum atomic E-state index is -0.636. The monoisotopic (exact) mass is 333 g/mol. The molecule has 0 bridgehead atoms. The van der Waals surface area contributed by atoms with Crippen LogP contribution in [0.3, 0.4) is 0 Å². The predicted octanol–water partition coefficient (Wildman–Crippen LogP) is -0.116. The summed E-state index contributed by atoms with van der Waals surface area (Å²) in [5, 5.41) is 4.99. The fraction of sp³-hybridized carbons (Fsp3) is 0.438. The SMILES string of the molecule is O=C(N[C@H]1CNC1=O)OCc1ccc(C(=O)N2CCOCC2)cc1. The number of amides is 3. The fourth-order valence-corrected chi connectivity index (χ4v) is 2.43. The molecule has 1 aromatic carbocycles. The van der Waals surface area contributed by atoms with E-state index < -0.39 is 12.1 Å². The largest absolute Gasteiger partial charge is 0.445 e. The number of alkyl carbamates (subject to hydrolysis) is 1. The molecule has 128 valence electrons. The number of ether oxygens (including phenoxy) is 2. The maximum Gasteiger partial charge on any atom is 0.408 e. The molecule has 1 aromatic rings. The van der Waals surface area contributed by atoms with Crippen LogP contribution in [0.1, 0.15) is 15.9 Å². The summed E-state index contributed by atoms with van der Waals surface area (Å²) in [4.78, 5) is 36.7. The molecule has 24 heavy (non-hydrogen) atoms. The van der Waals surface area contributed by atoms with E-state index in [1.54, 1.807) is 29.2 Å². The fourth-order valence-electron chi connectivity index (χ4n) is 2.43. The lowest BCUT2D eigenvalue weighted by Gasteiger charge is -2.27. The third kappa shape index (κ3) is 3.83. The zero-order chi connectivity index (χ0) is 16.9. The van der Waals surface area contributed by atoms with Crippen molar-refractivity contribution in [3.05, 3.63) is 35.4 Å². The number of benzene rings is 1. The Morgan fingerprint density at radius 1 is 1.25 bits per heavy atom. The number of rotatable bonds is 4. The van der Waals surface area contributed by atoms with Gasteiger partial charge in [0.2, 0.25) is 5.91 Å². The number of β-lactam (4-membered cyclic amide) rings is 1. The van der Waals surface area contributed by atoms with E-state index in [0.29, 0.717) is 38.4 Å². The van der Waals surface area contributed by atoms with Crippen LogP contribution in [0.4, 0.5) is 4.79 Å². The highest BCUT2D eigenvalue weighted by molar-refractivity contribution is 5.94. The Balaban J connectivity index is 1.48. The average Bonchev–Trinajstić information content (AvgIpc) is 2.63. The van der Waals surface area contributed by atoms with Crippen molar-refractivity contribution < 1.29 is 23.9 Å². The van der Waals surface area contributed by atoms with Crippen molar-refractivity contribution in [2.24, 2.45) is 0 Å². The molecule has 2 heterocycles. The van der Waals surface area contributed by atoms with E-state index in [0.717, 1.165) is 5.56 Å². The van der Waals surface area contributed by atoms with Crippen molar-refractivity contribution in [2.45, 2.75) is 12.6 Å². The Bertz CT molecular complexity index is 625. The van der Waals surface area contributed by atoms with Gasteiger partial charge in [-0.15, -0.1) is 0 Å². The molecular formula is C16H19N3O5. The Kier molecular flexibility index (Phi) is 4.95. The summed E-state index contributed by atoms with van der Waals surface area (Å²) in [6, 6.07) is 6.42. The van der Waals surface area contributed by atoms with Crippen LogP contribution >= 0.6 is 0 Å². The second kappa shape index (κ2) is 7.31. The van der Waals surface area contributed by atoms with E-state index >= 15 is 0 Å². The van der Waals surface area contributed by atoms with Gasteiger partial charge in [-0.05, 0) is 17.7 Å². The van der Waals surface area contributed by atoms with Crippen molar-refractivity contribution in [1.29, 1.82) is 0 Å². The number of morpholine rings is 1. The van der Waals surface area contributed by atoms with E-state index in [1.165, 1.54) is 0 Å². The van der Waals surface area contributed by atoms with Crippen molar-refractivity contribution in [1.82, 2.24) is 15.5 Å². The highest BCUT2D eigenvalue weighted by Crippen LogP contribution is 2.10. The van der Waals surface area contributed by atoms with E-state index in [4.69, 9.17) is 9.47 Å². The Labute approximate surface area is 139 Å². The molecule has 0 aromatic heterocycles. The van der Waals surface area contributed by atoms with Gasteiger partial charge in [-0.1, -0.05) is 12.1 Å². The van der Waals surface area contributed by atoms with Gasteiger partial charge in [0.1, 0.15) is 12.6 Å². The average molecular weight is 333 g/mol. The van der Waals surface area contributed by atoms with Gasteiger partial charge in [-0.25, -0.2) is 4.79 Å². The summed E-state index contributed by atoms with van der Waals surface area (Å²) < 4.78 is 10.3. The predicted molar refractivity (Wildman–Crippen MR) is 83.3 cm³/mol. The molecule has 3 rings (SSSR count). The molecule has 2 saturated heterocycles. The zero-order valence-electron chi connectivity index (χ0n) is 13.1. The standard InChI is InChI=1S/C16H19N3O5/c20-14-13(9-17-14)18-16(22)24-10-11-1-3-12(4-2-11)15(21)19-5-7-23-8-6-19/h1-4,13H,5-10H2,(H,17,20)(H,18,22)/t13-/m0/s1. The first kappa shape index (κ1) is 16.3. The van der Waals surface area contributed by atoms with Crippen molar-refractivity contribution >= 4 is 17.9 Å². The third-order valence-electron chi connectivity index (χ3n) is 3.96. The number of hydrogen-bond donors (Lipinski definition) is 2. The Hall–Kier alpha value is -2.61. The minimum Gasteiger partial charge on any atom is -0.445 e. The number of carbonyl (C=O) groups excluding carboxylic acids is 3. The maximum absolute atomic E-state index is 12.3. The molecule has 8 heteroatoms. The van der Waals surface area contributed by atoms with E-state index in [2.05, 4.69) is 10.6 Å². The Morgan fingerprint density at radius 3 is 2.54 bits per heavy atom. The van der Waals surface area contributed by atoms with Gasteiger partial charge in [0.15, 0.2) is 0 Å². The van der Waals surface area contributed by atoms with Crippen LogP contribution in [0.2, 0.25) is 0 Å². The number of carbonyl (C=O) groups is 3. The summed E-state index contributed by atoms with van der Waals surface area (Å²) in [6.07, 6.45) is -0.636. The number of hydrogen-bond acceptors (Lipinski definition) is 5. The first-order valence-electron chi connectivity index (χ1n) is 7.80. The molecule has 0 unspecified atom stereocenters. The van der Waals surface area contributed by atoms with Crippen LogP contribution in [0, 0.1) is 0 Å². The normalized spacial score (nSPS) is 19.9. The van der Waals surface area contributed by atoms with Gasteiger partial charge >= 0.3 is 6.09 Å². The molecule has 2 aliphatic heterocycles. The van der Waals surface area contributed by atoms with Crippen LogP contribution < -0.4 is 10.6 Å². The van der Waals surface area contributed by atoms with Crippen LogP contribution in [-0.4, -0.2) is 61.7 Å². The first-order valence-corrected chi connectivity index (χ1v) is 7.80. The van der Waals surface area contributed by atoms with Gasteiger partial charge in [0.25, 0.3) is 5.91 Å². The summed E-state index contributed by atoms with van der Waals surface area (Å²) in [5.41, 5.74) is 1.36. The van der Waals surface area contributed by atoms with Gasteiger partial charge in [0.05, 0.1) is 13.2 Å². The Morgan fingerprint density at radius 2 is 1.96 bits per heavy atom. The van der Waals surface area contributed by atoms with Crippen LogP contribution in [0.25, 0.3) is 0 Å². The maximum atomic E-state index is 12.3. The lowest BCUT2D eigenvalue weighted by Crippen LogP contribution is -2.61. The number of nitrogens with one attached hydrogen (secondary N) is 2. The second-order valence-corrected chi connectivity index (χ2v) is 5.62. The molecule has 0 radical (unpaired) electrons. The highest BCUT2D eigenvalue weighted by Gasteiger charge is 2.29. The van der Waals surface area contributed by atoms with Crippen molar-refractivity contribution in [3.63, 3.8) is 0 Å². The number of nitrogens with zero attached hydrogens (tertiary/aromatic N) is 1. The quantitative estimate of drug-likeness (QED) is 0.749. The molecule has 2 aliphatic rings. The molecule has 2 N–H and O–H groups in total. The molecule has 0 aliphatic carbocycles. The van der Waals surface area contributed by atoms with Crippen molar-refractivity contribution in [3.8, 4) is 0 Å². The lowest BCUT2D eigenvalue weighted by molar-refractivity contribution is -0.128. The molecule has 0 spiro atoms. The topological polar surface area (TPSA) is 97.0 Å². The third-order valence-corrected chi connectivity index (χ3v) is 3.96. The van der Waals surface area contributed by atoms with E-state index in [-0.39, 0.29) is 18.4 Å². The van der Waals surface area contributed by atoms with Crippen LogP contribution in [0.15, 0.2) is 24.3 Å². The summed E-state index contributed by atoms with van der Waals surface area (Å²) in [7, 11) is 0. The highest BCUT2D eigenvalue weighted by atomic mass is 16.5. The second-order valence-electron chi connectivity index (χ2n) is 5.62. The molecule has 0 saturated carbocycles. The molecule has 8 nitrogen and oxygen atoms in total. The molecule has 1 atom stereocenters. The van der Waals surface area contributed by atoms with Gasteiger partial charge in [-0.2, -0.15) is 0 Å². The lowest BCUT2D eigenvalue weighted by atomic mass is 10.1. The van der Waals surface area contributed by atoms with Gasteiger partial charge < -0.3 is 25.0 Å².